The molecule has 85 heavy (non-hydrogen) atoms. The first-order valence-corrected chi connectivity index (χ1v) is 37.4. The van der Waals surface area contributed by atoms with Crippen molar-refractivity contribution in [2.24, 2.45) is 0 Å². The van der Waals surface area contributed by atoms with Crippen LogP contribution in [-0.4, -0.2) is 69.4 Å². The van der Waals surface area contributed by atoms with Crippen molar-refractivity contribution >= 4 is 19.7 Å². The minimum atomic E-state index is -4.73. The number of hydrogen-bond acceptors (Lipinski definition) is 7. The van der Waals surface area contributed by atoms with E-state index in [4.69, 9.17) is 13.8 Å². The maximum absolute atomic E-state index is 13.5. The van der Waals surface area contributed by atoms with Crippen LogP contribution in [0.15, 0.2) is 85.1 Å². The Morgan fingerprint density at radius 3 is 1.13 bits per heavy atom. The summed E-state index contributed by atoms with van der Waals surface area (Å²) in [6.45, 7) is 6.71. The van der Waals surface area contributed by atoms with Gasteiger partial charge in [-0.05, 0) is 70.3 Å². The molecule has 0 aromatic heterocycles. The number of phosphoric ester groups is 1. The molecule has 0 saturated carbocycles. The van der Waals surface area contributed by atoms with E-state index in [-0.39, 0.29) is 31.3 Å². The second-order valence-corrected chi connectivity index (χ2v) is 26.8. The number of carbonyl (C=O) groups excluding carboxylic acids is 2. The summed E-state index contributed by atoms with van der Waals surface area (Å²) in [6.07, 6.45) is 86.0. The van der Waals surface area contributed by atoms with Crippen molar-refractivity contribution in [2.75, 3.05) is 40.9 Å². The summed E-state index contributed by atoms with van der Waals surface area (Å²) in [5.41, 5.74) is 0. The SMILES string of the molecule is CC/C=C\C/C=C\C/C=C\C/C=C\C/C=C\C/C=C\CCC(=O)NC(COP(=O)([O-])OCC[N+](C)(C)C)C(/C=C\CCCCCCCCCCCCC)OC(=O)CCCCCCCCCCCCCCCCCCCCCCCCCCCCC. The Balaban J connectivity index is 5.11. The minimum Gasteiger partial charge on any atom is -0.756 e. The van der Waals surface area contributed by atoms with Gasteiger partial charge in [0.05, 0.1) is 33.8 Å². The van der Waals surface area contributed by atoms with Crippen LogP contribution in [0.3, 0.4) is 0 Å². The lowest BCUT2D eigenvalue weighted by molar-refractivity contribution is -0.870. The van der Waals surface area contributed by atoms with E-state index in [0.29, 0.717) is 17.4 Å². The minimum absolute atomic E-state index is 0.0375. The Labute approximate surface area is 526 Å². The van der Waals surface area contributed by atoms with E-state index in [0.717, 1.165) is 77.0 Å². The average Bonchev–Trinajstić information content (AvgIpc) is 3.50. The van der Waals surface area contributed by atoms with Gasteiger partial charge >= 0.3 is 5.97 Å². The third-order valence-electron chi connectivity index (χ3n) is 15.9. The van der Waals surface area contributed by atoms with Crippen LogP contribution in [0.4, 0.5) is 0 Å². The van der Waals surface area contributed by atoms with Crippen LogP contribution in [-0.2, 0) is 27.9 Å². The Kier molecular flexibility index (Phi) is 62.1. The molecule has 1 amide bonds. The third-order valence-corrected chi connectivity index (χ3v) is 16.8. The van der Waals surface area contributed by atoms with Gasteiger partial charge in [0, 0.05) is 12.8 Å². The molecule has 9 nitrogen and oxygen atoms in total. The molecule has 0 aromatic rings. The highest BCUT2D eigenvalue weighted by Gasteiger charge is 2.27. The van der Waals surface area contributed by atoms with Crippen LogP contribution in [0.1, 0.15) is 329 Å². The Bertz CT molecular complexity index is 1730. The number of nitrogens with one attached hydrogen (secondary N) is 1. The van der Waals surface area contributed by atoms with Crippen molar-refractivity contribution in [1.29, 1.82) is 0 Å². The zero-order chi connectivity index (χ0) is 62.1. The number of unbranched alkanes of at least 4 members (excludes halogenated alkanes) is 37. The standard InChI is InChI=1S/C75H137N2O7P/c1-7-10-13-16-19-22-25-28-30-32-34-35-36-37-38-39-40-41-43-45-47-50-53-56-59-62-65-68-75(79)84-73(66-63-60-57-54-51-48-27-24-21-18-15-12-9-3)72(71-83-85(80,81)82-70-69-77(4,5)6)76-74(78)67-64-61-58-55-52-49-46-44-42-33-31-29-26-23-20-17-14-11-8-2/h11,14,20,23,29,31,42,44,49,52,58,61,63,66,72-73H,7-10,12-13,15-19,21-22,24-28,30,32-41,43,45-48,50-51,53-57,59-60,62,64-65,67-71H2,1-6H3,(H-,76,78,80,81)/b14-11-,23-20-,31-29-,44-42-,52-49-,61-58-,66-63-. The fourth-order valence-corrected chi connectivity index (χ4v) is 11.1. The molecule has 1 N–H and O–H groups in total. The number of phosphoric acid groups is 1. The van der Waals surface area contributed by atoms with E-state index in [2.05, 4.69) is 92.9 Å². The fourth-order valence-electron chi connectivity index (χ4n) is 10.4. The smallest absolute Gasteiger partial charge is 0.306 e. The second-order valence-electron chi connectivity index (χ2n) is 25.4. The molecular weight excluding hydrogens is 1070 g/mol. The number of hydrogen-bond donors (Lipinski definition) is 1. The summed E-state index contributed by atoms with van der Waals surface area (Å²) in [5, 5.41) is 2.99. The van der Waals surface area contributed by atoms with E-state index in [1.54, 1.807) is 0 Å². The monoisotopic (exact) mass is 1210 g/mol. The lowest BCUT2D eigenvalue weighted by Crippen LogP contribution is -2.47. The molecular formula is C75H137N2O7P. The Morgan fingerprint density at radius 2 is 0.765 bits per heavy atom. The van der Waals surface area contributed by atoms with E-state index in [9.17, 15) is 19.0 Å². The van der Waals surface area contributed by atoms with Crippen LogP contribution >= 0.6 is 7.82 Å². The third kappa shape index (κ3) is 65.5. The Morgan fingerprint density at radius 1 is 0.424 bits per heavy atom. The normalized spacial score (nSPS) is 14.0. The number of rotatable bonds is 65. The summed E-state index contributed by atoms with van der Waals surface area (Å²) >= 11 is 0. The lowest BCUT2D eigenvalue weighted by atomic mass is 10.0. The van der Waals surface area contributed by atoms with Gasteiger partial charge in [0.2, 0.25) is 5.91 Å². The molecule has 0 aliphatic rings. The molecule has 0 saturated heterocycles. The zero-order valence-corrected chi connectivity index (χ0v) is 57.4. The van der Waals surface area contributed by atoms with Crippen molar-refractivity contribution < 1.29 is 37.3 Å². The lowest BCUT2D eigenvalue weighted by Gasteiger charge is -2.30. The van der Waals surface area contributed by atoms with Gasteiger partial charge < -0.3 is 28.5 Å². The van der Waals surface area contributed by atoms with E-state index < -0.39 is 26.6 Å². The van der Waals surface area contributed by atoms with Gasteiger partial charge in [-0.1, -0.05) is 331 Å². The van der Waals surface area contributed by atoms with Crippen molar-refractivity contribution in [3.05, 3.63) is 85.1 Å². The molecule has 3 unspecified atom stereocenters. The zero-order valence-electron chi connectivity index (χ0n) is 56.6. The van der Waals surface area contributed by atoms with Crippen LogP contribution in [0.5, 0.6) is 0 Å². The van der Waals surface area contributed by atoms with Gasteiger partial charge in [-0.2, -0.15) is 0 Å². The summed E-state index contributed by atoms with van der Waals surface area (Å²) in [5.74, 6) is -0.629. The number of esters is 1. The predicted molar refractivity (Wildman–Crippen MR) is 367 cm³/mol. The molecule has 0 fully saturated rings. The van der Waals surface area contributed by atoms with E-state index in [1.165, 1.54) is 212 Å². The summed E-state index contributed by atoms with van der Waals surface area (Å²) < 4.78 is 30.4. The van der Waals surface area contributed by atoms with Gasteiger partial charge in [-0.3, -0.25) is 14.2 Å². The maximum Gasteiger partial charge on any atom is 0.306 e. The number of likely N-dealkylation sites (N-methyl/N-ethyl adjacent to an activating group) is 1. The van der Waals surface area contributed by atoms with Crippen molar-refractivity contribution in [1.82, 2.24) is 5.32 Å². The second kappa shape index (κ2) is 64.2. The van der Waals surface area contributed by atoms with E-state index in [1.807, 2.05) is 39.4 Å². The molecule has 494 valence electrons. The van der Waals surface area contributed by atoms with Crippen LogP contribution in [0, 0.1) is 0 Å². The van der Waals surface area contributed by atoms with Crippen molar-refractivity contribution in [3.63, 3.8) is 0 Å². The van der Waals surface area contributed by atoms with Crippen LogP contribution in [0.25, 0.3) is 0 Å². The number of amides is 1. The van der Waals surface area contributed by atoms with Crippen LogP contribution < -0.4 is 10.2 Å². The molecule has 0 bridgehead atoms. The Hall–Kier alpha value is -2.81. The van der Waals surface area contributed by atoms with Gasteiger partial charge in [-0.15, -0.1) is 0 Å². The van der Waals surface area contributed by atoms with Crippen molar-refractivity contribution in [3.8, 4) is 0 Å². The summed E-state index contributed by atoms with van der Waals surface area (Å²) in [7, 11) is 1.14. The van der Waals surface area contributed by atoms with Gasteiger partial charge in [0.25, 0.3) is 7.82 Å². The van der Waals surface area contributed by atoms with Crippen molar-refractivity contribution in [2.45, 2.75) is 341 Å². The van der Waals surface area contributed by atoms with E-state index >= 15 is 0 Å². The summed E-state index contributed by atoms with van der Waals surface area (Å²) in [4.78, 5) is 40.1. The highest BCUT2D eigenvalue weighted by molar-refractivity contribution is 7.45. The molecule has 0 heterocycles. The molecule has 0 aliphatic carbocycles. The average molecular weight is 1210 g/mol. The molecule has 0 aliphatic heterocycles. The first-order valence-electron chi connectivity index (χ1n) is 35.9. The largest absolute Gasteiger partial charge is 0.756 e. The number of nitrogens with zero attached hydrogens (tertiary/aromatic N) is 1. The highest BCUT2D eigenvalue weighted by Crippen LogP contribution is 2.38. The molecule has 0 rings (SSSR count). The quantitative estimate of drug-likeness (QED) is 0.0212. The first-order chi connectivity index (χ1) is 41.4. The predicted octanol–water partition coefficient (Wildman–Crippen LogP) is 22.3. The van der Waals surface area contributed by atoms with Gasteiger partial charge in [-0.25, -0.2) is 0 Å². The highest BCUT2D eigenvalue weighted by atomic mass is 31.2. The molecule has 0 radical (unpaired) electrons. The van der Waals surface area contributed by atoms with Gasteiger partial charge in [0.15, 0.2) is 0 Å². The number of ether oxygens (including phenoxy) is 1. The molecule has 0 spiro atoms. The molecule has 3 atom stereocenters. The number of allylic oxidation sites excluding steroid dienone is 13. The van der Waals surface area contributed by atoms with Crippen LogP contribution in [0.2, 0.25) is 0 Å². The number of quaternary nitrogens is 1. The molecule has 10 heteroatoms. The maximum atomic E-state index is 13.5. The number of carbonyl (C=O) groups is 2. The summed E-state index contributed by atoms with van der Waals surface area (Å²) in [6, 6.07) is -0.932. The fraction of sp³-hybridized carbons (Fsp3) is 0.787. The first kappa shape index (κ1) is 82.2. The molecule has 0 aromatic carbocycles. The van der Waals surface area contributed by atoms with Gasteiger partial charge in [0.1, 0.15) is 19.3 Å². The topological polar surface area (TPSA) is 114 Å².